The molecule has 2 aromatic carbocycles. The summed E-state index contributed by atoms with van der Waals surface area (Å²) in [7, 11) is 1.49. The molecule has 0 saturated heterocycles. The van der Waals surface area contributed by atoms with Crippen LogP contribution in [-0.4, -0.2) is 31.6 Å². The van der Waals surface area contributed by atoms with Crippen molar-refractivity contribution >= 4 is 11.8 Å². The van der Waals surface area contributed by atoms with E-state index in [-0.39, 0.29) is 12.7 Å². The SMILES string of the molecule is COc1cc(C(=O)NNC(=O)COc2cccc(C)c2)ccc1OC(C)C. The van der Waals surface area contributed by atoms with Crippen molar-refractivity contribution in [3.63, 3.8) is 0 Å². The van der Waals surface area contributed by atoms with E-state index in [0.29, 0.717) is 22.8 Å². The van der Waals surface area contributed by atoms with Gasteiger partial charge in [0, 0.05) is 5.56 Å². The predicted octanol–water partition coefficient (Wildman–Crippen LogP) is 2.63. The van der Waals surface area contributed by atoms with Crippen LogP contribution in [0.1, 0.15) is 29.8 Å². The van der Waals surface area contributed by atoms with E-state index < -0.39 is 11.8 Å². The summed E-state index contributed by atoms with van der Waals surface area (Å²) in [5.41, 5.74) is 6.01. The van der Waals surface area contributed by atoms with Crippen LogP contribution in [-0.2, 0) is 4.79 Å². The topological polar surface area (TPSA) is 85.9 Å². The Labute approximate surface area is 158 Å². The Morgan fingerprint density at radius 1 is 1.04 bits per heavy atom. The highest BCUT2D eigenvalue weighted by atomic mass is 16.5. The van der Waals surface area contributed by atoms with Crippen LogP contribution in [0.2, 0.25) is 0 Å². The van der Waals surface area contributed by atoms with Gasteiger partial charge in [0.15, 0.2) is 18.1 Å². The second kappa shape index (κ2) is 9.47. The van der Waals surface area contributed by atoms with Crippen LogP contribution < -0.4 is 25.1 Å². The van der Waals surface area contributed by atoms with E-state index in [4.69, 9.17) is 14.2 Å². The Bertz CT molecular complexity index is 805. The van der Waals surface area contributed by atoms with Gasteiger partial charge in [-0.3, -0.25) is 20.4 Å². The van der Waals surface area contributed by atoms with Crippen molar-refractivity contribution in [1.82, 2.24) is 10.9 Å². The van der Waals surface area contributed by atoms with E-state index in [1.165, 1.54) is 7.11 Å². The van der Waals surface area contributed by atoms with Crippen LogP contribution in [0.3, 0.4) is 0 Å². The average molecular weight is 372 g/mol. The zero-order valence-electron chi connectivity index (χ0n) is 15.9. The van der Waals surface area contributed by atoms with Crippen LogP contribution in [0.4, 0.5) is 0 Å². The Balaban J connectivity index is 1.88. The molecule has 0 atom stereocenters. The number of amides is 2. The number of methoxy groups -OCH3 is 1. The molecule has 0 spiro atoms. The molecule has 2 N–H and O–H groups in total. The quantitative estimate of drug-likeness (QED) is 0.730. The van der Waals surface area contributed by atoms with Gasteiger partial charge in [-0.1, -0.05) is 12.1 Å². The number of nitrogens with one attached hydrogen (secondary N) is 2. The molecule has 0 saturated carbocycles. The maximum Gasteiger partial charge on any atom is 0.276 e. The molecule has 0 aliphatic carbocycles. The highest BCUT2D eigenvalue weighted by Crippen LogP contribution is 2.28. The number of hydrogen-bond donors (Lipinski definition) is 2. The first-order valence-corrected chi connectivity index (χ1v) is 8.52. The highest BCUT2D eigenvalue weighted by molar-refractivity contribution is 5.96. The summed E-state index contributed by atoms with van der Waals surface area (Å²) in [5, 5.41) is 0. The van der Waals surface area contributed by atoms with Crippen molar-refractivity contribution in [3.05, 3.63) is 53.6 Å². The van der Waals surface area contributed by atoms with Crippen molar-refractivity contribution in [2.75, 3.05) is 13.7 Å². The van der Waals surface area contributed by atoms with Gasteiger partial charge in [-0.05, 0) is 56.7 Å². The fourth-order valence-electron chi connectivity index (χ4n) is 2.25. The number of carbonyl (C=O) groups is 2. The molecular weight excluding hydrogens is 348 g/mol. The van der Waals surface area contributed by atoms with E-state index in [1.54, 1.807) is 24.3 Å². The van der Waals surface area contributed by atoms with Gasteiger partial charge < -0.3 is 14.2 Å². The molecule has 27 heavy (non-hydrogen) atoms. The first-order valence-electron chi connectivity index (χ1n) is 8.52. The number of ether oxygens (including phenoxy) is 3. The molecule has 0 aromatic heterocycles. The van der Waals surface area contributed by atoms with E-state index in [9.17, 15) is 9.59 Å². The number of aryl methyl sites for hydroxylation is 1. The standard InChI is InChI=1S/C20H24N2O5/c1-13(2)27-17-9-8-15(11-18(17)25-4)20(24)22-21-19(23)12-26-16-7-5-6-14(3)10-16/h5-11,13H,12H2,1-4H3,(H,21,23)(H,22,24). The molecule has 0 heterocycles. The van der Waals surface area contributed by atoms with Gasteiger partial charge in [-0.2, -0.15) is 0 Å². The fourth-order valence-corrected chi connectivity index (χ4v) is 2.25. The lowest BCUT2D eigenvalue weighted by Crippen LogP contribution is -2.43. The van der Waals surface area contributed by atoms with Gasteiger partial charge in [0.25, 0.3) is 11.8 Å². The van der Waals surface area contributed by atoms with Crippen molar-refractivity contribution in [3.8, 4) is 17.2 Å². The normalized spacial score (nSPS) is 10.3. The van der Waals surface area contributed by atoms with Crippen LogP contribution >= 0.6 is 0 Å². The lowest BCUT2D eigenvalue weighted by Gasteiger charge is -2.14. The Kier molecular flexibility index (Phi) is 7.05. The number of carbonyl (C=O) groups excluding carboxylic acids is 2. The van der Waals surface area contributed by atoms with Gasteiger partial charge >= 0.3 is 0 Å². The molecule has 144 valence electrons. The third-order valence-corrected chi connectivity index (χ3v) is 3.46. The van der Waals surface area contributed by atoms with E-state index >= 15 is 0 Å². The molecule has 0 fully saturated rings. The van der Waals surface area contributed by atoms with E-state index in [1.807, 2.05) is 39.0 Å². The maximum atomic E-state index is 12.2. The summed E-state index contributed by atoms with van der Waals surface area (Å²) >= 11 is 0. The van der Waals surface area contributed by atoms with Gasteiger partial charge in [0.1, 0.15) is 5.75 Å². The molecule has 7 heteroatoms. The number of hydrogen-bond acceptors (Lipinski definition) is 5. The minimum atomic E-state index is -0.478. The molecule has 0 aliphatic rings. The second-order valence-electron chi connectivity index (χ2n) is 6.14. The van der Waals surface area contributed by atoms with Crippen LogP contribution in [0, 0.1) is 6.92 Å². The largest absolute Gasteiger partial charge is 0.493 e. The van der Waals surface area contributed by atoms with Gasteiger partial charge in [-0.25, -0.2) is 0 Å². The van der Waals surface area contributed by atoms with Crippen molar-refractivity contribution in [2.45, 2.75) is 26.9 Å². The third kappa shape index (κ3) is 6.22. The average Bonchev–Trinajstić information content (AvgIpc) is 2.64. The molecule has 0 bridgehead atoms. The van der Waals surface area contributed by atoms with Crippen molar-refractivity contribution in [1.29, 1.82) is 0 Å². The summed E-state index contributed by atoms with van der Waals surface area (Å²) in [4.78, 5) is 24.0. The summed E-state index contributed by atoms with van der Waals surface area (Å²) in [5.74, 6) is 0.608. The molecular formula is C20H24N2O5. The van der Waals surface area contributed by atoms with Crippen LogP contribution in [0.25, 0.3) is 0 Å². The number of hydrazine groups is 1. The van der Waals surface area contributed by atoms with Gasteiger partial charge in [0.05, 0.1) is 13.2 Å². The Morgan fingerprint density at radius 3 is 2.48 bits per heavy atom. The molecule has 0 radical (unpaired) electrons. The lowest BCUT2D eigenvalue weighted by atomic mass is 10.2. The third-order valence-electron chi connectivity index (χ3n) is 3.46. The second-order valence-corrected chi connectivity index (χ2v) is 6.14. The summed E-state index contributed by atoms with van der Waals surface area (Å²) < 4.78 is 16.2. The highest BCUT2D eigenvalue weighted by Gasteiger charge is 2.13. The molecule has 7 nitrogen and oxygen atoms in total. The molecule has 0 unspecified atom stereocenters. The number of rotatable bonds is 7. The maximum absolute atomic E-state index is 12.2. The zero-order valence-corrected chi connectivity index (χ0v) is 15.9. The van der Waals surface area contributed by atoms with Crippen molar-refractivity contribution < 1.29 is 23.8 Å². The summed E-state index contributed by atoms with van der Waals surface area (Å²) in [6.07, 6.45) is -0.0220. The molecule has 2 rings (SSSR count). The summed E-state index contributed by atoms with van der Waals surface area (Å²) in [6, 6.07) is 12.1. The van der Waals surface area contributed by atoms with Gasteiger partial charge in [-0.15, -0.1) is 0 Å². The van der Waals surface area contributed by atoms with E-state index in [0.717, 1.165) is 5.56 Å². The van der Waals surface area contributed by atoms with Crippen LogP contribution in [0.5, 0.6) is 17.2 Å². The van der Waals surface area contributed by atoms with Crippen molar-refractivity contribution in [2.24, 2.45) is 0 Å². The molecule has 2 aromatic rings. The minimum absolute atomic E-state index is 0.0220. The smallest absolute Gasteiger partial charge is 0.276 e. The Morgan fingerprint density at radius 2 is 1.81 bits per heavy atom. The first kappa shape index (κ1) is 20.1. The first-order chi connectivity index (χ1) is 12.9. The van der Waals surface area contributed by atoms with Crippen LogP contribution in [0.15, 0.2) is 42.5 Å². The zero-order chi connectivity index (χ0) is 19.8. The van der Waals surface area contributed by atoms with E-state index in [2.05, 4.69) is 10.9 Å². The minimum Gasteiger partial charge on any atom is -0.493 e. The molecule has 2 amide bonds. The number of benzene rings is 2. The molecule has 0 aliphatic heterocycles. The lowest BCUT2D eigenvalue weighted by molar-refractivity contribution is -0.123. The fraction of sp³-hybridized carbons (Fsp3) is 0.300. The monoisotopic (exact) mass is 372 g/mol. The summed E-state index contributed by atoms with van der Waals surface area (Å²) in [6.45, 7) is 5.51. The Hall–Kier alpha value is -3.22. The predicted molar refractivity (Wildman–Crippen MR) is 101 cm³/mol. The van der Waals surface area contributed by atoms with Gasteiger partial charge in [0.2, 0.25) is 0 Å².